The third-order valence-electron chi connectivity index (χ3n) is 5.10. The van der Waals surface area contributed by atoms with Crippen molar-refractivity contribution < 1.29 is 18.3 Å². The lowest BCUT2D eigenvalue weighted by Crippen LogP contribution is -2.48. The molecule has 27 heavy (non-hydrogen) atoms. The Balaban J connectivity index is 1.52. The zero-order valence-electron chi connectivity index (χ0n) is 15.4. The molecule has 1 aliphatic heterocycles. The van der Waals surface area contributed by atoms with E-state index in [4.69, 9.17) is 9.15 Å². The van der Waals surface area contributed by atoms with Gasteiger partial charge in [-0.25, -0.2) is 4.39 Å². The zero-order valence-corrected chi connectivity index (χ0v) is 15.4. The largest absolute Gasteiger partial charge is 0.495 e. The molecule has 0 N–H and O–H groups in total. The molecule has 0 radical (unpaired) electrons. The van der Waals surface area contributed by atoms with Crippen molar-refractivity contribution >= 4 is 22.6 Å². The van der Waals surface area contributed by atoms with Crippen LogP contribution in [0.1, 0.15) is 16.1 Å². The van der Waals surface area contributed by atoms with Gasteiger partial charge in [0.25, 0.3) is 5.91 Å². The first-order valence-electron chi connectivity index (χ1n) is 8.95. The first-order chi connectivity index (χ1) is 13.1. The van der Waals surface area contributed by atoms with E-state index in [9.17, 15) is 9.18 Å². The van der Waals surface area contributed by atoms with Crippen LogP contribution in [0.2, 0.25) is 0 Å². The normalized spacial score (nSPS) is 14.6. The lowest BCUT2D eigenvalue weighted by Gasteiger charge is -2.36. The van der Waals surface area contributed by atoms with Gasteiger partial charge in [0, 0.05) is 37.1 Å². The maximum absolute atomic E-state index is 14.0. The molecular weight excluding hydrogens is 347 g/mol. The molecule has 0 atom stereocenters. The Labute approximate surface area is 156 Å². The van der Waals surface area contributed by atoms with E-state index in [0.29, 0.717) is 37.1 Å². The number of carbonyl (C=O) groups excluding carboxylic acids is 1. The average molecular weight is 368 g/mol. The summed E-state index contributed by atoms with van der Waals surface area (Å²) < 4.78 is 25.0. The second-order valence-electron chi connectivity index (χ2n) is 6.62. The molecular formula is C21H21FN2O3. The predicted molar refractivity (Wildman–Crippen MR) is 102 cm³/mol. The Bertz CT molecular complexity index is 990. The highest BCUT2D eigenvalue weighted by atomic mass is 19.1. The van der Waals surface area contributed by atoms with Gasteiger partial charge in [-0.3, -0.25) is 4.79 Å². The lowest BCUT2D eigenvalue weighted by molar-refractivity contribution is 0.0716. The van der Waals surface area contributed by atoms with Crippen molar-refractivity contribution in [2.45, 2.75) is 6.92 Å². The van der Waals surface area contributed by atoms with Crippen LogP contribution in [0, 0.1) is 12.7 Å². The molecule has 2 aromatic carbocycles. The third kappa shape index (κ3) is 3.01. The summed E-state index contributed by atoms with van der Waals surface area (Å²) in [5.41, 5.74) is 1.85. The van der Waals surface area contributed by atoms with Gasteiger partial charge in [0.05, 0.1) is 12.8 Å². The fourth-order valence-electron chi connectivity index (χ4n) is 3.60. The number of rotatable bonds is 3. The molecule has 1 aliphatic rings. The van der Waals surface area contributed by atoms with E-state index in [0.717, 1.165) is 11.4 Å². The fourth-order valence-corrected chi connectivity index (χ4v) is 3.60. The van der Waals surface area contributed by atoms with E-state index in [1.807, 2.05) is 24.3 Å². The number of hydrogen-bond acceptors (Lipinski definition) is 4. The third-order valence-corrected chi connectivity index (χ3v) is 5.10. The number of halogens is 1. The Morgan fingerprint density at radius 1 is 1.07 bits per heavy atom. The number of nitrogens with zero attached hydrogens (tertiary/aromatic N) is 2. The Hall–Kier alpha value is -3.02. The molecule has 0 saturated carbocycles. The van der Waals surface area contributed by atoms with E-state index in [2.05, 4.69) is 4.90 Å². The van der Waals surface area contributed by atoms with E-state index in [1.165, 1.54) is 6.07 Å². The van der Waals surface area contributed by atoms with Crippen molar-refractivity contribution in [3.8, 4) is 5.75 Å². The van der Waals surface area contributed by atoms with Gasteiger partial charge in [-0.1, -0.05) is 24.3 Å². The van der Waals surface area contributed by atoms with Crippen LogP contribution < -0.4 is 9.64 Å². The van der Waals surface area contributed by atoms with Crippen molar-refractivity contribution in [3.05, 3.63) is 59.6 Å². The molecule has 1 aromatic heterocycles. The maximum Gasteiger partial charge on any atom is 0.290 e. The second-order valence-corrected chi connectivity index (χ2v) is 6.62. The van der Waals surface area contributed by atoms with Crippen LogP contribution in [0.3, 0.4) is 0 Å². The van der Waals surface area contributed by atoms with Crippen molar-refractivity contribution in [1.29, 1.82) is 0 Å². The van der Waals surface area contributed by atoms with Crippen LogP contribution in [-0.4, -0.2) is 44.1 Å². The van der Waals surface area contributed by atoms with Gasteiger partial charge in [-0.15, -0.1) is 0 Å². The summed E-state index contributed by atoms with van der Waals surface area (Å²) in [4.78, 5) is 16.9. The highest BCUT2D eigenvalue weighted by Gasteiger charge is 2.28. The molecule has 0 unspecified atom stereocenters. The molecule has 5 nitrogen and oxygen atoms in total. The zero-order chi connectivity index (χ0) is 19.0. The number of aryl methyl sites for hydroxylation is 1. The minimum atomic E-state index is -0.448. The maximum atomic E-state index is 14.0. The Morgan fingerprint density at radius 3 is 2.52 bits per heavy atom. The summed E-state index contributed by atoms with van der Waals surface area (Å²) in [5, 5.41) is 0.644. The van der Waals surface area contributed by atoms with Gasteiger partial charge >= 0.3 is 0 Å². The standard InChI is InChI=1S/C21H21FN2O3/c1-14-15-6-5-7-16(22)20(15)27-19(14)21(25)24-12-10-23(11-13-24)17-8-3-4-9-18(17)26-2/h3-9H,10-13H2,1-2H3. The number of para-hydroxylation sites is 3. The second kappa shape index (κ2) is 6.95. The van der Waals surface area contributed by atoms with Crippen molar-refractivity contribution in [2.24, 2.45) is 0 Å². The molecule has 1 saturated heterocycles. The number of carbonyl (C=O) groups is 1. The lowest BCUT2D eigenvalue weighted by atomic mass is 10.1. The number of ether oxygens (including phenoxy) is 1. The average Bonchev–Trinajstić information content (AvgIpc) is 3.05. The van der Waals surface area contributed by atoms with Crippen LogP contribution in [0.4, 0.5) is 10.1 Å². The molecule has 0 bridgehead atoms. The topological polar surface area (TPSA) is 45.9 Å². The SMILES string of the molecule is COc1ccccc1N1CCN(C(=O)c2oc3c(F)cccc3c2C)CC1. The van der Waals surface area contributed by atoms with Crippen molar-refractivity contribution in [2.75, 3.05) is 38.2 Å². The molecule has 1 amide bonds. The molecule has 6 heteroatoms. The van der Waals surface area contributed by atoms with E-state index < -0.39 is 5.82 Å². The number of methoxy groups -OCH3 is 1. The Morgan fingerprint density at radius 2 is 1.81 bits per heavy atom. The molecule has 3 aromatic rings. The molecule has 1 fully saturated rings. The number of amides is 1. The van der Waals surface area contributed by atoms with Gasteiger partial charge in [0.2, 0.25) is 0 Å². The quantitative estimate of drug-likeness (QED) is 0.704. The first kappa shape index (κ1) is 17.4. The first-order valence-corrected chi connectivity index (χ1v) is 8.95. The monoisotopic (exact) mass is 368 g/mol. The molecule has 4 rings (SSSR count). The smallest absolute Gasteiger partial charge is 0.290 e. The molecule has 140 valence electrons. The summed E-state index contributed by atoms with van der Waals surface area (Å²) in [7, 11) is 1.65. The summed E-state index contributed by atoms with van der Waals surface area (Å²) in [6, 6.07) is 12.6. The molecule has 2 heterocycles. The van der Waals surface area contributed by atoms with Crippen LogP contribution in [0.15, 0.2) is 46.9 Å². The van der Waals surface area contributed by atoms with E-state index in [1.54, 1.807) is 31.1 Å². The Kier molecular flexibility index (Phi) is 4.48. The summed E-state index contributed by atoms with van der Waals surface area (Å²) in [6.45, 7) is 4.31. The highest BCUT2D eigenvalue weighted by Crippen LogP contribution is 2.30. The van der Waals surface area contributed by atoms with Crippen LogP contribution in [0.5, 0.6) is 5.75 Å². The number of hydrogen-bond donors (Lipinski definition) is 0. The number of anilines is 1. The highest BCUT2D eigenvalue weighted by molar-refractivity contribution is 5.99. The number of furan rings is 1. The summed E-state index contributed by atoms with van der Waals surface area (Å²) in [5.74, 6) is 0.403. The van der Waals surface area contributed by atoms with Gasteiger partial charge in [-0.2, -0.15) is 0 Å². The number of piperazine rings is 1. The predicted octanol–water partition coefficient (Wildman–Crippen LogP) is 3.85. The van der Waals surface area contributed by atoms with E-state index in [-0.39, 0.29) is 17.3 Å². The summed E-state index contributed by atoms with van der Waals surface area (Å²) >= 11 is 0. The van der Waals surface area contributed by atoms with Gasteiger partial charge in [0.15, 0.2) is 17.2 Å². The van der Waals surface area contributed by atoms with Gasteiger partial charge < -0.3 is 19.0 Å². The van der Waals surface area contributed by atoms with E-state index >= 15 is 0 Å². The minimum absolute atomic E-state index is 0.144. The van der Waals surface area contributed by atoms with Crippen LogP contribution in [-0.2, 0) is 0 Å². The summed E-state index contributed by atoms with van der Waals surface area (Å²) in [6.07, 6.45) is 0. The number of fused-ring (bicyclic) bond motifs is 1. The minimum Gasteiger partial charge on any atom is -0.495 e. The molecule has 0 aliphatic carbocycles. The van der Waals surface area contributed by atoms with Gasteiger partial charge in [0.1, 0.15) is 5.75 Å². The fraction of sp³-hybridized carbons (Fsp3) is 0.286. The van der Waals surface area contributed by atoms with Crippen LogP contribution in [0.25, 0.3) is 11.0 Å². The van der Waals surface area contributed by atoms with Crippen LogP contribution >= 0.6 is 0 Å². The van der Waals surface area contributed by atoms with Crippen molar-refractivity contribution in [3.63, 3.8) is 0 Å². The number of benzene rings is 2. The van der Waals surface area contributed by atoms with Crippen molar-refractivity contribution in [1.82, 2.24) is 4.90 Å². The molecule has 0 spiro atoms. The van der Waals surface area contributed by atoms with Gasteiger partial charge in [-0.05, 0) is 25.1 Å².